The fraction of sp³-hybridized carbons (Fsp3) is 0.222. The summed E-state index contributed by atoms with van der Waals surface area (Å²) in [7, 11) is -3.64. The van der Waals surface area contributed by atoms with E-state index in [1.54, 1.807) is 43.3 Å². The summed E-state index contributed by atoms with van der Waals surface area (Å²) in [6.07, 6.45) is 0.358. The lowest BCUT2D eigenvalue weighted by Gasteiger charge is -2.10. The first-order valence-corrected chi connectivity index (χ1v) is 9.58. The van der Waals surface area contributed by atoms with Crippen molar-refractivity contribution in [2.24, 2.45) is 4.99 Å². The van der Waals surface area contributed by atoms with E-state index in [-0.39, 0.29) is 29.0 Å². The number of amidine groups is 1. The molecule has 0 bridgehead atoms. The van der Waals surface area contributed by atoms with Crippen LogP contribution in [0.3, 0.4) is 0 Å². The fourth-order valence-electron chi connectivity index (χ4n) is 2.65. The number of benzene rings is 2. The molecule has 1 aliphatic heterocycles. The van der Waals surface area contributed by atoms with Crippen molar-refractivity contribution in [1.29, 1.82) is 0 Å². The summed E-state index contributed by atoms with van der Waals surface area (Å²) in [5, 5.41) is 2.69. The molecule has 2 N–H and O–H groups in total. The zero-order valence-corrected chi connectivity index (χ0v) is 14.9. The number of hydrogen-bond acceptors (Lipinski definition) is 4. The third-order valence-corrected chi connectivity index (χ3v) is 5.41. The maximum atomic E-state index is 13.6. The molecule has 0 aliphatic carbocycles. The monoisotopic (exact) mass is 375 g/mol. The lowest BCUT2D eigenvalue weighted by Crippen LogP contribution is -2.35. The van der Waals surface area contributed by atoms with Crippen LogP contribution >= 0.6 is 0 Å². The first kappa shape index (κ1) is 18.1. The summed E-state index contributed by atoms with van der Waals surface area (Å²) in [4.78, 5) is 16.5. The van der Waals surface area contributed by atoms with Crippen molar-refractivity contribution in [3.05, 3.63) is 65.5 Å². The van der Waals surface area contributed by atoms with Crippen molar-refractivity contribution in [2.45, 2.75) is 24.3 Å². The Morgan fingerprint density at radius 2 is 1.88 bits per heavy atom. The van der Waals surface area contributed by atoms with Gasteiger partial charge in [-0.25, -0.2) is 12.8 Å². The maximum Gasteiger partial charge on any atom is 0.263 e. The normalized spacial score (nSPS) is 17.4. The van der Waals surface area contributed by atoms with Crippen molar-refractivity contribution < 1.29 is 17.6 Å². The van der Waals surface area contributed by atoms with Gasteiger partial charge < -0.3 is 5.32 Å². The van der Waals surface area contributed by atoms with Gasteiger partial charge in [-0.1, -0.05) is 30.3 Å². The predicted octanol–water partition coefficient (Wildman–Crippen LogP) is 1.61. The zero-order valence-electron chi connectivity index (χ0n) is 14.1. The Hall–Kier alpha value is -2.74. The van der Waals surface area contributed by atoms with Gasteiger partial charge in [-0.2, -0.15) is 0 Å². The summed E-state index contributed by atoms with van der Waals surface area (Å²) in [6, 6.07) is 12.0. The molecule has 0 fully saturated rings. The molecule has 6 nitrogen and oxygen atoms in total. The van der Waals surface area contributed by atoms with Crippen LogP contribution in [0, 0.1) is 5.82 Å². The third kappa shape index (κ3) is 3.75. The van der Waals surface area contributed by atoms with Crippen molar-refractivity contribution >= 4 is 21.8 Å². The molecule has 136 valence electrons. The minimum atomic E-state index is -3.64. The predicted molar refractivity (Wildman–Crippen MR) is 95.9 cm³/mol. The number of hydrogen-bond donors (Lipinski definition) is 2. The van der Waals surface area contributed by atoms with Crippen LogP contribution in [0.2, 0.25) is 0 Å². The molecule has 3 rings (SSSR count). The van der Waals surface area contributed by atoms with Gasteiger partial charge in [0.1, 0.15) is 17.7 Å². The first-order valence-electron chi connectivity index (χ1n) is 8.09. The lowest BCUT2D eigenvalue weighted by molar-refractivity contribution is -0.121. The van der Waals surface area contributed by atoms with Crippen molar-refractivity contribution in [2.75, 3.05) is 6.54 Å². The second-order valence-corrected chi connectivity index (χ2v) is 7.54. The van der Waals surface area contributed by atoms with Crippen molar-refractivity contribution in [3.8, 4) is 0 Å². The second-order valence-electron chi connectivity index (χ2n) is 5.89. The summed E-state index contributed by atoms with van der Waals surface area (Å²) >= 11 is 0. The number of aliphatic imine (C=N–C) groups is 1. The number of carbonyl (C=O) groups excluding carboxylic acids is 1. The van der Waals surface area contributed by atoms with E-state index in [9.17, 15) is 17.6 Å². The van der Waals surface area contributed by atoms with Gasteiger partial charge in [0.25, 0.3) is 10.0 Å². The Morgan fingerprint density at radius 1 is 1.19 bits per heavy atom. The highest BCUT2D eigenvalue weighted by Gasteiger charge is 2.31. The molecule has 0 saturated heterocycles. The molecule has 0 spiro atoms. The highest BCUT2D eigenvalue weighted by Crippen LogP contribution is 2.22. The largest absolute Gasteiger partial charge is 0.354 e. The van der Waals surface area contributed by atoms with Gasteiger partial charge in [-0.15, -0.1) is 0 Å². The average Bonchev–Trinajstić information content (AvgIpc) is 2.87. The van der Waals surface area contributed by atoms with Gasteiger partial charge in [-0.05, 0) is 37.1 Å². The van der Waals surface area contributed by atoms with Crippen LogP contribution in [-0.2, 0) is 21.2 Å². The van der Waals surface area contributed by atoms with Crippen LogP contribution in [-0.4, -0.2) is 32.7 Å². The number of nitrogens with one attached hydrogen (secondary N) is 2. The van der Waals surface area contributed by atoms with Gasteiger partial charge in [0.2, 0.25) is 5.91 Å². The van der Waals surface area contributed by atoms with Gasteiger partial charge in [0.15, 0.2) is 0 Å². The molecule has 1 amide bonds. The van der Waals surface area contributed by atoms with Crippen LogP contribution in [0.25, 0.3) is 0 Å². The standard InChI is InChI=1S/C18H18FN3O3S/c1-12(18(23)20-11-10-13-6-2-4-8-15(13)19)21-17-14-7-3-5-9-16(14)26(24,25)22-17/h2-9,12H,10-11H2,1H3,(H,20,23)(H,21,22)/t12-/m1/s1. The molecule has 0 unspecified atom stereocenters. The minimum absolute atomic E-state index is 0.144. The van der Waals surface area contributed by atoms with Gasteiger partial charge >= 0.3 is 0 Å². The molecular formula is C18H18FN3O3S. The number of halogens is 1. The average molecular weight is 375 g/mol. The van der Waals surface area contributed by atoms with E-state index in [2.05, 4.69) is 15.0 Å². The van der Waals surface area contributed by atoms with E-state index in [1.807, 2.05) is 0 Å². The Bertz CT molecular complexity index is 973. The smallest absolute Gasteiger partial charge is 0.263 e. The molecule has 2 aromatic carbocycles. The molecular weight excluding hydrogens is 357 g/mol. The quantitative estimate of drug-likeness (QED) is 0.832. The molecule has 1 atom stereocenters. The van der Waals surface area contributed by atoms with Crippen LogP contribution in [0.15, 0.2) is 58.4 Å². The van der Waals surface area contributed by atoms with Crippen LogP contribution in [0.4, 0.5) is 4.39 Å². The van der Waals surface area contributed by atoms with E-state index < -0.39 is 16.1 Å². The van der Waals surface area contributed by atoms with E-state index in [1.165, 1.54) is 12.1 Å². The topological polar surface area (TPSA) is 87.6 Å². The van der Waals surface area contributed by atoms with Crippen LogP contribution in [0.1, 0.15) is 18.1 Å². The first-order chi connectivity index (χ1) is 12.4. The van der Waals surface area contributed by atoms with Crippen LogP contribution < -0.4 is 10.0 Å². The molecule has 0 aromatic heterocycles. The molecule has 1 heterocycles. The highest BCUT2D eigenvalue weighted by molar-refractivity contribution is 7.90. The number of sulfonamides is 1. The maximum absolute atomic E-state index is 13.6. The van der Waals surface area contributed by atoms with E-state index >= 15 is 0 Å². The molecule has 8 heteroatoms. The summed E-state index contributed by atoms with van der Waals surface area (Å²) < 4.78 is 40.0. The second kappa shape index (κ2) is 7.25. The van der Waals surface area contributed by atoms with Gasteiger partial charge in [-0.3, -0.25) is 14.5 Å². The summed E-state index contributed by atoms with van der Waals surface area (Å²) in [5.74, 6) is -0.526. The Labute approximate surface area is 151 Å². The third-order valence-electron chi connectivity index (χ3n) is 4.02. The van der Waals surface area contributed by atoms with Gasteiger partial charge in [0.05, 0.1) is 4.90 Å². The number of nitrogens with zero attached hydrogens (tertiary/aromatic N) is 1. The SMILES string of the molecule is C[C@@H](N=C1NS(=O)(=O)c2ccccc21)C(=O)NCCc1ccccc1F. The number of rotatable bonds is 5. The Morgan fingerprint density at radius 3 is 2.65 bits per heavy atom. The highest BCUT2D eigenvalue weighted by atomic mass is 32.2. The molecule has 0 radical (unpaired) electrons. The van der Waals surface area contributed by atoms with Crippen molar-refractivity contribution in [3.63, 3.8) is 0 Å². The number of fused-ring (bicyclic) bond motifs is 1. The van der Waals surface area contributed by atoms with Crippen LogP contribution in [0.5, 0.6) is 0 Å². The molecule has 1 aliphatic rings. The summed E-state index contributed by atoms with van der Waals surface area (Å²) in [6.45, 7) is 1.83. The van der Waals surface area contributed by atoms with Crippen molar-refractivity contribution in [1.82, 2.24) is 10.0 Å². The van der Waals surface area contributed by atoms with Gasteiger partial charge in [0, 0.05) is 12.1 Å². The van der Waals surface area contributed by atoms with E-state index in [4.69, 9.17) is 0 Å². The minimum Gasteiger partial charge on any atom is -0.354 e. The van der Waals surface area contributed by atoms with E-state index in [0.29, 0.717) is 17.5 Å². The molecule has 0 saturated carbocycles. The fourth-order valence-corrected chi connectivity index (χ4v) is 3.89. The lowest BCUT2D eigenvalue weighted by atomic mass is 10.1. The zero-order chi connectivity index (χ0) is 18.7. The Balaban J connectivity index is 1.65. The molecule has 2 aromatic rings. The summed E-state index contributed by atoms with van der Waals surface area (Å²) in [5.41, 5.74) is 0.961. The molecule has 26 heavy (non-hydrogen) atoms. The number of amides is 1. The number of carbonyl (C=O) groups is 1. The van der Waals surface area contributed by atoms with E-state index in [0.717, 1.165) is 0 Å². The Kier molecular flexibility index (Phi) is 5.03.